The first-order valence-electron chi connectivity index (χ1n) is 16.0. The Bertz CT molecular complexity index is 1770. The fourth-order valence-electron chi connectivity index (χ4n) is 5.85. The van der Waals surface area contributed by atoms with E-state index >= 15 is 0 Å². The zero-order valence-corrected chi connectivity index (χ0v) is 29.9. The molecule has 1 atom stereocenters. The molecule has 0 radical (unpaired) electrons. The van der Waals surface area contributed by atoms with Gasteiger partial charge in [-0.1, -0.05) is 82.8 Å². The van der Waals surface area contributed by atoms with Crippen LogP contribution in [0.15, 0.2) is 112 Å². The second-order valence-corrected chi connectivity index (χ2v) is 15.0. The molecule has 1 unspecified atom stereocenters. The van der Waals surface area contributed by atoms with Gasteiger partial charge in [0.2, 0.25) is 11.8 Å². The molecule has 0 heterocycles. The molecule has 11 heteroatoms. The van der Waals surface area contributed by atoms with Crippen LogP contribution in [-0.4, -0.2) is 50.4 Å². The molecule has 48 heavy (non-hydrogen) atoms. The Labute approximate surface area is 296 Å². The molecule has 1 saturated carbocycles. The normalized spacial score (nSPS) is 13.9. The second kappa shape index (κ2) is 16.5. The number of rotatable bonds is 14. The molecule has 252 valence electrons. The average Bonchev–Trinajstić information content (AvgIpc) is 3.60. The van der Waals surface area contributed by atoms with Gasteiger partial charge in [0.05, 0.1) is 17.2 Å². The summed E-state index contributed by atoms with van der Waals surface area (Å²) >= 11 is 9.55. The lowest BCUT2D eigenvalue weighted by atomic mass is 10.0. The number of carbonyl (C=O) groups is 2. The van der Waals surface area contributed by atoms with Crippen molar-refractivity contribution < 1.29 is 22.7 Å². The van der Waals surface area contributed by atoms with Crippen LogP contribution in [0, 0.1) is 0 Å². The first kappa shape index (κ1) is 35.4. The van der Waals surface area contributed by atoms with E-state index in [1.807, 2.05) is 37.3 Å². The summed E-state index contributed by atoms with van der Waals surface area (Å²) in [7, 11) is -4.22. The van der Waals surface area contributed by atoms with E-state index in [1.54, 1.807) is 60.7 Å². The number of amides is 2. The molecule has 2 amide bonds. The minimum absolute atomic E-state index is 0.0245. The van der Waals surface area contributed by atoms with Crippen molar-refractivity contribution in [3.63, 3.8) is 0 Å². The number of hydrogen-bond acceptors (Lipinski definition) is 5. The summed E-state index contributed by atoms with van der Waals surface area (Å²) in [6, 6.07) is 28.6. The van der Waals surface area contributed by atoms with E-state index in [-0.39, 0.29) is 35.5 Å². The lowest BCUT2D eigenvalue weighted by Gasteiger charge is -2.34. The van der Waals surface area contributed by atoms with Gasteiger partial charge in [0, 0.05) is 28.5 Å². The van der Waals surface area contributed by atoms with Gasteiger partial charge in [0.1, 0.15) is 18.3 Å². The molecule has 1 N–H and O–H groups in total. The van der Waals surface area contributed by atoms with Gasteiger partial charge in [-0.2, -0.15) is 0 Å². The third-order valence-electron chi connectivity index (χ3n) is 8.36. The van der Waals surface area contributed by atoms with Gasteiger partial charge >= 0.3 is 0 Å². The predicted molar refractivity (Wildman–Crippen MR) is 193 cm³/mol. The highest BCUT2D eigenvalue weighted by molar-refractivity contribution is 9.10. The van der Waals surface area contributed by atoms with Crippen molar-refractivity contribution in [1.29, 1.82) is 0 Å². The van der Waals surface area contributed by atoms with Crippen molar-refractivity contribution in [2.75, 3.05) is 17.5 Å². The van der Waals surface area contributed by atoms with Crippen molar-refractivity contribution in [2.24, 2.45) is 0 Å². The third-order valence-corrected chi connectivity index (χ3v) is 10.9. The first-order chi connectivity index (χ1) is 23.1. The smallest absolute Gasteiger partial charge is 0.264 e. The molecule has 1 aliphatic carbocycles. The lowest BCUT2D eigenvalue weighted by Crippen LogP contribution is -2.54. The Hall–Kier alpha value is -3.86. The van der Waals surface area contributed by atoms with Gasteiger partial charge in [-0.05, 0) is 91.6 Å². The average molecular weight is 753 g/mol. The number of ether oxygens (including phenoxy) is 1. The highest BCUT2D eigenvalue weighted by atomic mass is 79.9. The maximum atomic E-state index is 14.7. The molecule has 0 saturated heterocycles. The summed E-state index contributed by atoms with van der Waals surface area (Å²) in [6.45, 7) is 1.84. The zero-order chi connectivity index (χ0) is 34.1. The van der Waals surface area contributed by atoms with Crippen molar-refractivity contribution in [1.82, 2.24) is 10.2 Å². The number of halogens is 2. The van der Waals surface area contributed by atoms with Crippen LogP contribution in [-0.2, 0) is 32.6 Å². The van der Waals surface area contributed by atoms with Crippen LogP contribution in [0.25, 0.3) is 0 Å². The molecule has 0 aliphatic heterocycles. The third kappa shape index (κ3) is 9.18. The van der Waals surface area contributed by atoms with Crippen molar-refractivity contribution in [2.45, 2.75) is 62.6 Å². The monoisotopic (exact) mass is 751 g/mol. The Balaban J connectivity index is 1.56. The molecular weight excluding hydrogens is 714 g/mol. The molecule has 0 bridgehead atoms. The Kier molecular flexibility index (Phi) is 12.2. The summed E-state index contributed by atoms with van der Waals surface area (Å²) in [4.78, 5) is 30.3. The summed E-state index contributed by atoms with van der Waals surface area (Å²) in [5.41, 5.74) is 1.92. The quantitative estimate of drug-likeness (QED) is 0.145. The topological polar surface area (TPSA) is 96.0 Å². The molecule has 0 aromatic heterocycles. The number of hydrogen-bond donors (Lipinski definition) is 1. The number of carbonyl (C=O) groups excluding carboxylic acids is 2. The summed E-state index contributed by atoms with van der Waals surface area (Å²) in [5, 5.41) is 3.73. The predicted octanol–water partition coefficient (Wildman–Crippen LogP) is 7.40. The summed E-state index contributed by atoms with van der Waals surface area (Å²) < 4.78 is 35.9. The van der Waals surface area contributed by atoms with Crippen molar-refractivity contribution in [3.8, 4) is 5.75 Å². The largest absolute Gasteiger partial charge is 0.494 e. The molecule has 0 spiro atoms. The van der Waals surface area contributed by atoms with Gasteiger partial charge in [-0.25, -0.2) is 8.42 Å². The van der Waals surface area contributed by atoms with Crippen LogP contribution >= 0.6 is 27.5 Å². The molecular formula is C37H39BrClN3O5S. The van der Waals surface area contributed by atoms with Crippen LogP contribution in [0.1, 0.15) is 43.7 Å². The molecule has 8 nitrogen and oxygen atoms in total. The highest BCUT2D eigenvalue weighted by Crippen LogP contribution is 2.28. The van der Waals surface area contributed by atoms with Gasteiger partial charge in [0.15, 0.2) is 0 Å². The minimum atomic E-state index is -4.22. The van der Waals surface area contributed by atoms with E-state index in [0.717, 1.165) is 45.6 Å². The number of nitrogens with zero attached hydrogens (tertiary/aromatic N) is 2. The molecule has 5 rings (SSSR count). The van der Waals surface area contributed by atoms with Gasteiger partial charge in [-0.15, -0.1) is 0 Å². The van der Waals surface area contributed by atoms with Crippen LogP contribution < -0.4 is 14.4 Å². The van der Waals surface area contributed by atoms with Gasteiger partial charge in [-0.3, -0.25) is 13.9 Å². The van der Waals surface area contributed by atoms with E-state index in [0.29, 0.717) is 17.4 Å². The van der Waals surface area contributed by atoms with Crippen LogP contribution in [0.2, 0.25) is 5.02 Å². The van der Waals surface area contributed by atoms with E-state index < -0.39 is 28.5 Å². The maximum Gasteiger partial charge on any atom is 0.264 e. The Morgan fingerprint density at radius 3 is 2.17 bits per heavy atom. The van der Waals surface area contributed by atoms with Crippen LogP contribution in [0.5, 0.6) is 5.75 Å². The van der Waals surface area contributed by atoms with E-state index in [4.69, 9.17) is 16.3 Å². The van der Waals surface area contributed by atoms with E-state index in [2.05, 4.69) is 21.2 Å². The number of anilines is 1. The fourth-order valence-corrected chi connectivity index (χ4v) is 7.65. The van der Waals surface area contributed by atoms with E-state index in [1.165, 1.54) is 17.0 Å². The number of sulfonamides is 1. The van der Waals surface area contributed by atoms with E-state index in [9.17, 15) is 18.0 Å². The maximum absolute atomic E-state index is 14.7. The molecule has 4 aromatic rings. The standard InChI is InChI=1S/C37H39BrClN3O5S/c1-2-47-33-20-18-32(19-21-33)42(48(45,46)34-22-14-29(38)15-23-34)26-36(43)41(25-28-12-16-30(39)17-13-28)35(24-27-8-4-3-5-9-27)37(44)40-31-10-6-7-11-31/h3-5,8-9,12-23,31,35H,2,6-7,10-11,24-26H2,1H3,(H,40,44). The van der Waals surface area contributed by atoms with Crippen LogP contribution in [0.3, 0.4) is 0 Å². The molecule has 4 aromatic carbocycles. The summed E-state index contributed by atoms with van der Waals surface area (Å²) in [6.07, 6.45) is 4.08. The molecule has 1 aliphatic rings. The highest BCUT2D eigenvalue weighted by Gasteiger charge is 2.35. The summed E-state index contributed by atoms with van der Waals surface area (Å²) in [5.74, 6) is -0.220. The number of benzene rings is 4. The minimum Gasteiger partial charge on any atom is -0.494 e. The first-order valence-corrected chi connectivity index (χ1v) is 18.6. The number of nitrogens with one attached hydrogen (secondary N) is 1. The Morgan fingerprint density at radius 1 is 0.896 bits per heavy atom. The fraction of sp³-hybridized carbons (Fsp3) is 0.297. The van der Waals surface area contributed by atoms with Crippen molar-refractivity contribution in [3.05, 3.63) is 124 Å². The van der Waals surface area contributed by atoms with Crippen LogP contribution in [0.4, 0.5) is 5.69 Å². The van der Waals surface area contributed by atoms with Gasteiger partial charge in [0.25, 0.3) is 10.0 Å². The van der Waals surface area contributed by atoms with Gasteiger partial charge < -0.3 is 15.0 Å². The zero-order valence-electron chi connectivity index (χ0n) is 26.7. The Morgan fingerprint density at radius 2 is 1.54 bits per heavy atom. The SMILES string of the molecule is CCOc1ccc(N(CC(=O)N(Cc2ccc(Cl)cc2)C(Cc2ccccc2)C(=O)NC2CCCC2)S(=O)(=O)c2ccc(Br)cc2)cc1. The lowest BCUT2D eigenvalue weighted by molar-refractivity contribution is -0.140. The second-order valence-electron chi connectivity index (χ2n) is 11.7. The molecule has 1 fully saturated rings. The van der Waals surface area contributed by atoms with Crippen molar-refractivity contribution >= 4 is 55.1 Å².